The van der Waals surface area contributed by atoms with Crippen molar-refractivity contribution in [1.29, 1.82) is 0 Å². The van der Waals surface area contributed by atoms with Gasteiger partial charge in [-0.2, -0.15) is 13.2 Å². The molecule has 2 heterocycles. The third kappa shape index (κ3) is 2.85. The lowest BCUT2D eigenvalue weighted by Gasteiger charge is -2.07. The fraction of sp³-hybridized carbons (Fsp3) is 0.400. The molecule has 0 unspecified atom stereocenters. The molecule has 5 nitrogen and oxygen atoms in total. The second-order valence-corrected chi connectivity index (χ2v) is 7.33. The van der Waals surface area contributed by atoms with Gasteiger partial charge in [0, 0.05) is 7.05 Å². The minimum Gasteiger partial charge on any atom is -0.325 e. The summed E-state index contributed by atoms with van der Waals surface area (Å²) < 4.78 is 63.9. The van der Waals surface area contributed by atoms with Gasteiger partial charge in [-0.15, -0.1) is 11.3 Å². The van der Waals surface area contributed by atoms with Crippen molar-refractivity contribution in [3.8, 4) is 0 Å². The van der Waals surface area contributed by atoms with E-state index in [4.69, 9.17) is 0 Å². The number of imidazole rings is 1. The van der Waals surface area contributed by atoms with Crippen LogP contribution in [-0.2, 0) is 28.8 Å². The van der Waals surface area contributed by atoms with Crippen molar-refractivity contribution >= 4 is 21.2 Å². The van der Waals surface area contributed by atoms with Gasteiger partial charge in [0.2, 0.25) is 0 Å². The van der Waals surface area contributed by atoms with Crippen LogP contribution in [0.3, 0.4) is 0 Å². The quantitative estimate of drug-likeness (QED) is 0.867. The normalized spacial score (nSPS) is 12.8. The van der Waals surface area contributed by atoms with Crippen molar-refractivity contribution in [2.75, 3.05) is 0 Å². The van der Waals surface area contributed by atoms with E-state index < -0.39 is 27.5 Å². The smallest absolute Gasteiger partial charge is 0.325 e. The van der Waals surface area contributed by atoms with Crippen LogP contribution in [0.25, 0.3) is 0 Å². The van der Waals surface area contributed by atoms with Crippen LogP contribution in [0.5, 0.6) is 0 Å². The number of hydrogen-bond donors (Lipinski definition) is 0. The molecule has 0 aliphatic rings. The first-order valence-electron chi connectivity index (χ1n) is 5.34. The van der Waals surface area contributed by atoms with E-state index in [-0.39, 0.29) is 14.9 Å². The highest BCUT2D eigenvalue weighted by Gasteiger charge is 2.38. The Morgan fingerprint density at radius 3 is 2.55 bits per heavy atom. The van der Waals surface area contributed by atoms with E-state index in [1.54, 1.807) is 0 Å². The van der Waals surface area contributed by atoms with Crippen LogP contribution in [-0.4, -0.2) is 23.0 Å². The van der Waals surface area contributed by atoms with E-state index in [1.807, 2.05) is 0 Å². The minimum absolute atomic E-state index is 0.128. The molecule has 0 radical (unpaired) electrons. The maximum Gasteiger partial charge on any atom is 0.434 e. The highest BCUT2D eigenvalue weighted by atomic mass is 32.2. The van der Waals surface area contributed by atoms with Gasteiger partial charge in [0.25, 0.3) is 0 Å². The number of sulfone groups is 1. The molecule has 2 aromatic heterocycles. The Kier molecular flexibility index (Phi) is 3.63. The molecule has 0 aromatic carbocycles. The summed E-state index contributed by atoms with van der Waals surface area (Å²) in [6.07, 6.45) is -2.28. The second kappa shape index (κ2) is 4.85. The van der Waals surface area contributed by atoms with Crippen LogP contribution in [0.4, 0.5) is 13.2 Å². The van der Waals surface area contributed by atoms with Gasteiger partial charge in [0.05, 0.1) is 28.2 Å². The molecule has 2 aromatic rings. The Morgan fingerprint density at radius 1 is 1.40 bits per heavy atom. The van der Waals surface area contributed by atoms with E-state index in [2.05, 4.69) is 9.97 Å². The number of thiazole rings is 1. The van der Waals surface area contributed by atoms with Crippen molar-refractivity contribution in [2.45, 2.75) is 23.9 Å². The van der Waals surface area contributed by atoms with Crippen LogP contribution in [0, 0.1) is 6.92 Å². The zero-order valence-corrected chi connectivity index (χ0v) is 12.1. The summed E-state index contributed by atoms with van der Waals surface area (Å²) in [5, 5.41) is 0.0456. The Labute approximate surface area is 117 Å². The van der Waals surface area contributed by atoms with Crippen LogP contribution in [0.1, 0.15) is 15.6 Å². The first-order chi connectivity index (χ1) is 9.11. The number of halogens is 3. The fourth-order valence-corrected chi connectivity index (χ4v) is 4.47. The average molecular weight is 325 g/mol. The third-order valence-electron chi connectivity index (χ3n) is 2.49. The third-order valence-corrected chi connectivity index (χ3v) is 5.34. The number of hydrogen-bond acceptors (Lipinski definition) is 5. The largest absolute Gasteiger partial charge is 0.434 e. The van der Waals surface area contributed by atoms with Crippen molar-refractivity contribution in [1.82, 2.24) is 14.5 Å². The summed E-state index contributed by atoms with van der Waals surface area (Å²) in [5.74, 6) is -0.743. The summed E-state index contributed by atoms with van der Waals surface area (Å²) in [7, 11) is -2.44. The van der Waals surface area contributed by atoms with Crippen molar-refractivity contribution in [3.63, 3.8) is 0 Å². The lowest BCUT2D eigenvalue weighted by Crippen LogP contribution is -2.13. The second-order valence-electron chi connectivity index (χ2n) is 4.10. The van der Waals surface area contributed by atoms with Gasteiger partial charge < -0.3 is 4.57 Å². The molecule has 0 aliphatic heterocycles. The van der Waals surface area contributed by atoms with Crippen LogP contribution in [0.15, 0.2) is 17.6 Å². The van der Waals surface area contributed by atoms with E-state index in [9.17, 15) is 21.6 Å². The molecule has 0 spiro atoms. The fourth-order valence-electron chi connectivity index (χ4n) is 1.68. The Morgan fingerprint density at radius 2 is 2.05 bits per heavy atom. The number of aryl methyl sites for hydroxylation is 2. The zero-order chi connectivity index (χ0) is 15.1. The molecule has 20 heavy (non-hydrogen) atoms. The maximum atomic E-state index is 12.8. The van der Waals surface area contributed by atoms with Crippen molar-refractivity contribution in [2.24, 2.45) is 7.05 Å². The Bertz CT molecular complexity index is 731. The molecule has 0 amide bonds. The molecule has 0 bridgehead atoms. The van der Waals surface area contributed by atoms with Gasteiger partial charge in [0.15, 0.2) is 20.6 Å². The first-order valence-corrected chi connectivity index (χ1v) is 7.80. The number of rotatable bonds is 3. The van der Waals surface area contributed by atoms with Gasteiger partial charge in [-0.1, -0.05) is 0 Å². The van der Waals surface area contributed by atoms with Crippen LogP contribution >= 0.6 is 11.3 Å². The van der Waals surface area contributed by atoms with Gasteiger partial charge in [-0.25, -0.2) is 18.4 Å². The monoisotopic (exact) mass is 325 g/mol. The molecule has 0 fully saturated rings. The molecular weight excluding hydrogens is 315 g/mol. The maximum absolute atomic E-state index is 12.8. The predicted molar refractivity (Wildman–Crippen MR) is 66.0 cm³/mol. The lowest BCUT2D eigenvalue weighted by molar-refractivity contribution is -0.141. The molecule has 0 aliphatic carbocycles. The highest BCUT2D eigenvalue weighted by molar-refractivity contribution is 7.90. The zero-order valence-electron chi connectivity index (χ0n) is 10.5. The molecule has 0 saturated carbocycles. The predicted octanol–water partition coefficient (Wildman–Crippen LogP) is 2.18. The van der Waals surface area contributed by atoms with Crippen LogP contribution < -0.4 is 0 Å². The topological polar surface area (TPSA) is 64.8 Å². The molecule has 0 N–H and O–H groups in total. The average Bonchev–Trinajstić information content (AvgIpc) is 2.83. The van der Waals surface area contributed by atoms with E-state index in [0.29, 0.717) is 0 Å². The molecule has 10 heteroatoms. The SMILES string of the molecule is Cc1nc(C(F)(F)F)c(CS(=O)(=O)c2cncn2C)s1. The van der Waals surface area contributed by atoms with Gasteiger partial charge in [-0.3, -0.25) is 0 Å². The minimum atomic E-state index is -4.66. The van der Waals surface area contributed by atoms with E-state index >= 15 is 0 Å². The van der Waals surface area contributed by atoms with Gasteiger partial charge in [0.1, 0.15) is 0 Å². The first kappa shape index (κ1) is 15.0. The standard InChI is InChI=1S/C10H10F3N3O2S2/c1-6-15-9(10(11,12)13)7(19-6)4-20(17,18)8-3-14-5-16(8)2/h3,5H,4H2,1-2H3. The molecule has 2 rings (SSSR count). The van der Waals surface area contributed by atoms with Crippen molar-refractivity contribution < 1.29 is 21.6 Å². The van der Waals surface area contributed by atoms with Gasteiger partial charge >= 0.3 is 6.18 Å². The number of aromatic nitrogens is 3. The van der Waals surface area contributed by atoms with Crippen molar-refractivity contribution in [3.05, 3.63) is 28.1 Å². The van der Waals surface area contributed by atoms with Gasteiger partial charge in [-0.05, 0) is 6.92 Å². The van der Waals surface area contributed by atoms with Crippen LogP contribution in [0.2, 0.25) is 0 Å². The highest BCUT2D eigenvalue weighted by Crippen LogP contribution is 2.35. The summed E-state index contributed by atoms with van der Waals surface area (Å²) in [6.45, 7) is 1.40. The van der Waals surface area contributed by atoms with E-state index in [0.717, 1.165) is 17.5 Å². The lowest BCUT2D eigenvalue weighted by atomic mass is 10.4. The van der Waals surface area contributed by atoms with E-state index in [1.165, 1.54) is 24.9 Å². The number of nitrogens with zero attached hydrogens (tertiary/aromatic N) is 3. The summed E-state index contributed by atoms with van der Waals surface area (Å²) in [4.78, 5) is 6.72. The molecule has 0 saturated heterocycles. The summed E-state index contributed by atoms with van der Waals surface area (Å²) >= 11 is 0.731. The molecule has 0 atom stereocenters. The summed E-state index contributed by atoms with van der Waals surface area (Å²) in [5.41, 5.74) is -1.13. The summed E-state index contributed by atoms with van der Waals surface area (Å²) in [6, 6.07) is 0. The molecule has 110 valence electrons. The Hall–Kier alpha value is -1.42. The Balaban J connectivity index is 2.43. The molecular formula is C10H10F3N3O2S2. The number of alkyl halides is 3.